The second kappa shape index (κ2) is 8.27. The molecular formula is C9H16O3. The van der Waals surface area contributed by atoms with E-state index in [1.807, 2.05) is 0 Å². The van der Waals surface area contributed by atoms with Crippen LogP contribution in [-0.4, -0.2) is 19.2 Å². The summed E-state index contributed by atoms with van der Waals surface area (Å²) in [5, 5.41) is 0. The first-order valence-electron chi connectivity index (χ1n) is 4.19. The Morgan fingerprint density at radius 2 is 2.25 bits per heavy atom. The highest BCUT2D eigenvalue weighted by molar-refractivity contribution is 5.69. The van der Waals surface area contributed by atoms with Crippen LogP contribution < -0.4 is 0 Å². The summed E-state index contributed by atoms with van der Waals surface area (Å²) >= 11 is 0. The van der Waals surface area contributed by atoms with Gasteiger partial charge in [-0.1, -0.05) is 19.9 Å². The van der Waals surface area contributed by atoms with E-state index in [0.29, 0.717) is 13.0 Å². The van der Waals surface area contributed by atoms with E-state index in [-0.39, 0.29) is 5.97 Å². The highest BCUT2D eigenvalue weighted by Gasteiger charge is 1.99. The molecule has 0 radical (unpaired) electrons. The van der Waals surface area contributed by atoms with Gasteiger partial charge >= 0.3 is 5.97 Å². The third-order valence-corrected chi connectivity index (χ3v) is 1.31. The van der Waals surface area contributed by atoms with Crippen LogP contribution in [0.5, 0.6) is 0 Å². The Bertz CT molecular complexity index is 132. The zero-order chi connectivity index (χ0) is 9.23. The summed E-state index contributed by atoms with van der Waals surface area (Å²) in [5.74, 6) is -0.290. The monoisotopic (exact) mass is 172 g/mol. The summed E-state index contributed by atoms with van der Waals surface area (Å²) in [6.07, 6.45) is 3.58. The Labute approximate surface area is 73.4 Å². The van der Waals surface area contributed by atoms with Gasteiger partial charge in [0, 0.05) is 6.61 Å². The van der Waals surface area contributed by atoms with Crippen LogP contribution in [0.3, 0.4) is 0 Å². The molecule has 0 aliphatic rings. The Balaban J connectivity index is 3.08. The summed E-state index contributed by atoms with van der Waals surface area (Å²) in [6, 6.07) is 0. The van der Waals surface area contributed by atoms with Gasteiger partial charge in [0.1, 0.15) is 0 Å². The van der Waals surface area contributed by atoms with Gasteiger partial charge in [-0.15, -0.1) is 0 Å². The number of carbonyl (C=O) groups is 1. The highest BCUT2D eigenvalue weighted by Crippen LogP contribution is 1.91. The lowest BCUT2D eigenvalue weighted by atomic mass is 10.4. The van der Waals surface area contributed by atoms with Gasteiger partial charge in [-0.2, -0.15) is 0 Å². The first-order chi connectivity index (χ1) is 5.81. The molecule has 0 unspecified atom stereocenters. The molecule has 12 heavy (non-hydrogen) atoms. The fourth-order valence-corrected chi connectivity index (χ4v) is 0.656. The second-order valence-electron chi connectivity index (χ2n) is 2.37. The van der Waals surface area contributed by atoms with Crippen molar-refractivity contribution >= 4 is 5.97 Å². The van der Waals surface area contributed by atoms with E-state index in [4.69, 9.17) is 4.74 Å². The average molecular weight is 172 g/mol. The molecule has 70 valence electrons. The normalized spacial score (nSPS) is 9.42. The molecule has 0 fully saturated rings. The molecule has 0 aliphatic heterocycles. The van der Waals surface area contributed by atoms with Crippen molar-refractivity contribution in [2.24, 2.45) is 0 Å². The Morgan fingerprint density at radius 3 is 2.83 bits per heavy atom. The summed E-state index contributed by atoms with van der Waals surface area (Å²) in [5.41, 5.74) is 0. The smallest absolute Gasteiger partial charge is 0.312 e. The molecule has 0 atom stereocenters. The van der Waals surface area contributed by atoms with E-state index in [0.717, 1.165) is 25.7 Å². The second-order valence-corrected chi connectivity index (χ2v) is 2.37. The minimum atomic E-state index is -0.290. The molecule has 0 N–H and O–H groups in total. The van der Waals surface area contributed by atoms with E-state index >= 15 is 0 Å². The van der Waals surface area contributed by atoms with E-state index < -0.39 is 0 Å². The highest BCUT2D eigenvalue weighted by atomic mass is 16.5. The van der Waals surface area contributed by atoms with Crippen molar-refractivity contribution in [3.8, 4) is 0 Å². The molecular weight excluding hydrogens is 156 g/mol. The van der Waals surface area contributed by atoms with Crippen LogP contribution in [0, 0.1) is 0 Å². The van der Waals surface area contributed by atoms with Crippen molar-refractivity contribution in [1.29, 1.82) is 0 Å². The first kappa shape index (κ1) is 11.2. The average Bonchev–Trinajstić information content (AvgIpc) is 2.05. The lowest BCUT2D eigenvalue weighted by Gasteiger charge is -2.01. The molecule has 0 bridgehead atoms. The lowest BCUT2D eigenvalue weighted by molar-refractivity contribution is -0.139. The number of esters is 1. The van der Waals surface area contributed by atoms with Gasteiger partial charge in [-0.3, -0.25) is 4.79 Å². The summed E-state index contributed by atoms with van der Waals surface area (Å²) < 4.78 is 9.65. The molecule has 0 aromatic carbocycles. The van der Waals surface area contributed by atoms with Gasteiger partial charge in [-0.05, 0) is 6.42 Å². The summed E-state index contributed by atoms with van der Waals surface area (Å²) in [6.45, 7) is 6.52. The minimum absolute atomic E-state index is 0.290. The first-order valence-corrected chi connectivity index (χ1v) is 4.19. The minimum Gasteiger partial charge on any atom is -0.435 e. The maximum Gasteiger partial charge on any atom is 0.312 e. The van der Waals surface area contributed by atoms with Crippen LogP contribution in [0.1, 0.15) is 26.2 Å². The zero-order valence-corrected chi connectivity index (χ0v) is 7.54. The van der Waals surface area contributed by atoms with Gasteiger partial charge in [0.25, 0.3) is 0 Å². The summed E-state index contributed by atoms with van der Waals surface area (Å²) in [7, 11) is 0. The van der Waals surface area contributed by atoms with Gasteiger partial charge in [0.15, 0.2) is 0 Å². The van der Waals surface area contributed by atoms with E-state index in [1.54, 1.807) is 0 Å². The molecule has 0 aliphatic carbocycles. The quantitative estimate of drug-likeness (QED) is 0.334. The van der Waals surface area contributed by atoms with Crippen molar-refractivity contribution in [3.05, 3.63) is 12.8 Å². The van der Waals surface area contributed by atoms with Gasteiger partial charge in [0.2, 0.25) is 0 Å². The maximum absolute atomic E-state index is 10.7. The van der Waals surface area contributed by atoms with Crippen LogP contribution >= 0.6 is 0 Å². The van der Waals surface area contributed by atoms with Crippen LogP contribution in [0.15, 0.2) is 12.8 Å². The Kier molecular flexibility index (Phi) is 7.70. The van der Waals surface area contributed by atoms with Crippen molar-refractivity contribution in [3.63, 3.8) is 0 Å². The fraction of sp³-hybridized carbons (Fsp3) is 0.667. The van der Waals surface area contributed by atoms with Gasteiger partial charge in [0.05, 0.1) is 19.3 Å². The molecule has 3 nitrogen and oxygen atoms in total. The molecule has 0 amide bonds. The molecule has 0 aromatic rings. The standard InChI is InChI=1S/C9H16O3/c1-3-5-7-11-8-6-9(10)12-4-2/h4H,2-3,5-8H2,1H3. The van der Waals surface area contributed by atoms with Crippen molar-refractivity contribution in [2.75, 3.05) is 13.2 Å². The van der Waals surface area contributed by atoms with Crippen molar-refractivity contribution in [1.82, 2.24) is 0 Å². The fourth-order valence-electron chi connectivity index (χ4n) is 0.656. The molecule has 0 rings (SSSR count). The molecule has 0 heterocycles. The molecule has 0 aromatic heterocycles. The van der Waals surface area contributed by atoms with E-state index in [2.05, 4.69) is 18.2 Å². The number of rotatable bonds is 7. The van der Waals surface area contributed by atoms with Crippen LogP contribution in [0.25, 0.3) is 0 Å². The molecule has 3 heteroatoms. The molecule has 0 saturated heterocycles. The van der Waals surface area contributed by atoms with E-state index in [1.165, 1.54) is 0 Å². The third-order valence-electron chi connectivity index (χ3n) is 1.31. The number of carbonyl (C=O) groups excluding carboxylic acids is 1. The van der Waals surface area contributed by atoms with Crippen molar-refractivity contribution in [2.45, 2.75) is 26.2 Å². The largest absolute Gasteiger partial charge is 0.435 e. The van der Waals surface area contributed by atoms with Gasteiger partial charge in [-0.25, -0.2) is 0 Å². The zero-order valence-electron chi connectivity index (χ0n) is 7.54. The Hall–Kier alpha value is -0.830. The maximum atomic E-state index is 10.7. The predicted octanol–water partition coefficient (Wildman–Crippen LogP) is 1.88. The van der Waals surface area contributed by atoms with Crippen molar-refractivity contribution < 1.29 is 14.3 Å². The number of unbranched alkanes of at least 4 members (excludes halogenated alkanes) is 1. The topological polar surface area (TPSA) is 35.5 Å². The van der Waals surface area contributed by atoms with Crippen LogP contribution in [0.4, 0.5) is 0 Å². The van der Waals surface area contributed by atoms with Crippen LogP contribution in [0.2, 0.25) is 0 Å². The SMILES string of the molecule is C=COC(=O)CCOCCCC. The number of ether oxygens (including phenoxy) is 2. The molecule has 0 saturated carbocycles. The van der Waals surface area contributed by atoms with E-state index in [9.17, 15) is 4.79 Å². The number of hydrogen-bond donors (Lipinski definition) is 0. The third kappa shape index (κ3) is 7.28. The lowest BCUT2D eigenvalue weighted by Crippen LogP contribution is -2.05. The van der Waals surface area contributed by atoms with Gasteiger partial charge < -0.3 is 9.47 Å². The van der Waals surface area contributed by atoms with Crippen LogP contribution in [-0.2, 0) is 14.3 Å². The summed E-state index contributed by atoms with van der Waals surface area (Å²) in [4.78, 5) is 10.7. The predicted molar refractivity (Wildman–Crippen MR) is 46.6 cm³/mol. The Morgan fingerprint density at radius 1 is 1.50 bits per heavy atom. The number of hydrogen-bond acceptors (Lipinski definition) is 3. The molecule has 0 spiro atoms.